The van der Waals surface area contributed by atoms with Crippen molar-refractivity contribution >= 4 is 28.1 Å². The van der Waals surface area contributed by atoms with Crippen molar-refractivity contribution in [2.75, 3.05) is 0 Å². The number of ketones is 1. The molecule has 0 saturated heterocycles. The van der Waals surface area contributed by atoms with Gasteiger partial charge in [-0.1, -0.05) is 0 Å². The Kier molecular flexibility index (Phi) is 3.34. The van der Waals surface area contributed by atoms with Gasteiger partial charge in [-0.2, -0.15) is 0 Å². The summed E-state index contributed by atoms with van der Waals surface area (Å²) in [6, 6.07) is 4.37. The van der Waals surface area contributed by atoms with Gasteiger partial charge in [0.25, 0.3) is 0 Å². The van der Waals surface area contributed by atoms with Crippen LogP contribution in [0, 0.1) is 6.92 Å². The number of rotatable bonds is 4. The second-order valence-corrected chi connectivity index (χ2v) is 7.31. The Bertz CT molecular complexity index is 859. The van der Waals surface area contributed by atoms with Crippen molar-refractivity contribution < 1.29 is 9.21 Å². The van der Waals surface area contributed by atoms with E-state index in [2.05, 4.69) is 17.1 Å². The summed E-state index contributed by atoms with van der Waals surface area (Å²) in [5.74, 6) is 0.192. The number of furan rings is 1. The van der Waals surface area contributed by atoms with E-state index in [0.29, 0.717) is 12.8 Å². The van der Waals surface area contributed by atoms with Gasteiger partial charge in [-0.3, -0.25) is 4.79 Å². The fourth-order valence-electron chi connectivity index (χ4n) is 3.21. The first-order valence-electron chi connectivity index (χ1n) is 7.64. The number of aryl methyl sites for hydroxylation is 3. The van der Waals surface area contributed by atoms with E-state index < -0.39 is 0 Å². The van der Waals surface area contributed by atoms with E-state index in [0.717, 1.165) is 39.3 Å². The third-order valence-corrected chi connectivity index (χ3v) is 5.19. The maximum atomic E-state index is 12.3. The average Bonchev–Trinajstić information content (AvgIpc) is 3.18. The van der Waals surface area contributed by atoms with Gasteiger partial charge < -0.3 is 4.42 Å². The zero-order valence-corrected chi connectivity index (χ0v) is 13.3. The van der Waals surface area contributed by atoms with Crippen LogP contribution >= 0.6 is 11.3 Å². The molecule has 0 fully saturated rings. The van der Waals surface area contributed by atoms with Crippen LogP contribution in [0.3, 0.4) is 0 Å². The highest BCUT2D eigenvalue weighted by Crippen LogP contribution is 2.30. The van der Waals surface area contributed by atoms with Crippen molar-refractivity contribution in [2.24, 2.45) is 0 Å². The first kappa shape index (κ1) is 13.7. The molecule has 112 valence electrons. The molecule has 0 radical (unpaired) electrons. The zero-order chi connectivity index (χ0) is 15.1. The minimum Gasteiger partial charge on any atom is -0.464 e. The van der Waals surface area contributed by atoms with Crippen LogP contribution in [0.1, 0.15) is 33.0 Å². The number of thiazole rings is 1. The Labute approximate surface area is 133 Å². The molecule has 0 atom stereocenters. The Morgan fingerprint density at radius 1 is 1.27 bits per heavy atom. The van der Waals surface area contributed by atoms with Crippen LogP contribution in [0.4, 0.5) is 0 Å². The summed E-state index contributed by atoms with van der Waals surface area (Å²) >= 11 is 1.59. The van der Waals surface area contributed by atoms with Gasteiger partial charge >= 0.3 is 0 Å². The smallest absolute Gasteiger partial charge is 0.144 e. The maximum Gasteiger partial charge on any atom is 0.144 e. The van der Waals surface area contributed by atoms with Crippen LogP contribution < -0.4 is 0 Å². The predicted octanol–water partition coefficient (Wildman–Crippen LogP) is 4.04. The van der Waals surface area contributed by atoms with E-state index >= 15 is 0 Å². The number of benzene rings is 1. The Morgan fingerprint density at radius 3 is 2.86 bits per heavy atom. The number of carbonyl (C=O) groups is 1. The molecule has 0 aliphatic heterocycles. The minimum atomic E-state index is 0.192. The van der Waals surface area contributed by atoms with Crippen molar-refractivity contribution in [3.63, 3.8) is 0 Å². The van der Waals surface area contributed by atoms with E-state index in [1.165, 1.54) is 17.5 Å². The molecule has 2 heterocycles. The Balaban J connectivity index is 1.57. The summed E-state index contributed by atoms with van der Waals surface area (Å²) in [6.07, 6.45) is 7.90. The van der Waals surface area contributed by atoms with Crippen molar-refractivity contribution in [1.82, 2.24) is 4.98 Å². The fourth-order valence-corrected chi connectivity index (χ4v) is 4.03. The number of Topliss-reactive ketones (excluding diaryl/α,β-unsaturated/α-hetero) is 1. The van der Waals surface area contributed by atoms with Crippen molar-refractivity contribution in [3.05, 3.63) is 51.2 Å². The van der Waals surface area contributed by atoms with E-state index in [1.54, 1.807) is 17.6 Å². The molecule has 1 aliphatic carbocycles. The number of aromatic nitrogens is 1. The van der Waals surface area contributed by atoms with Crippen LogP contribution in [-0.4, -0.2) is 10.8 Å². The molecule has 0 spiro atoms. The fraction of sp³-hybridized carbons (Fsp3) is 0.333. The SMILES string of the molecule is Cc1cnc(CC(=O)Cc2coc3cc4c(cc23)CCC4)s1. The predicted molar refractivity (Wildman–Crippen MR) is 87.5 cm³/mol. The molecular formula is C18H17NO2S. The molecule has 0 amide bonds. The molecule has 0 unspecified atom stereocenters. The lowest BCUT2D eigenvalue weighted by molar-refractivity contribution is -0.117. The number of fused-ring (bicyclic) bond motifs is 2. The summed E-state index contributed by atoms with van der Waals surface area (Å²) in [5.41, 5.74) is 4.73. The topological polar surface area (TPSA) is 43.1 Å². The van der Waals surface area contributed by atoms with Crippen LogP contribution in [0.2, 0.25) is 0 Å². The highest BCUT2D eigenvalue weighted by Gasteiger charge is 2.17. The Hall–Kier alpha value is -1.94. The lowest BCUT2D eigenvalue weighted by Crippen LogP contribution is -2.05. The van der Waals surface area contributed by atoms with Crippen molar-refractivity contribution in [2.45, 2.75) is 39.0 Å². The summed E-state index contributed by atoms with van der Waals surface area (Å²) in [6.45, 7) is 2.01. The van der Waals surface area contributed by atoms with Gasteiger partial charge in [0.1, 0.15) is 16.4 Å². The van der Waals surface area contributed by atoms with Gasteiger partial charge in [0.15, 0.2) is 0 Å². The molecule has 22 heavy (non-hydrogen) atoms. The summed E-state index contributed by atoms with van der Waals surface area (Å²) in [7, 11) is 0. The largest absolute Gasteiger partial charge is 0.464 e. The van der Waals surface area contributed by atoms with Gasteiger partial charge in [0.2, 0.25) is 0 Å². The second kappa shape index (κ2) is 5.36. The number of hydrogen-bond donors (Lipinski definition) is 0. The first-order valence-corrected chi connectivity index (χ1v) is 8.45. The monoisotopic (exact) mass is 311 g/mol. The highest BCUT2D eigenvalue weighted by molar-refractivity contribution is 7.11. The van der Waals surface area contributed by atoms with E-state index in [1.807, 2.05) is 13.1 Å². The standard InChI is InChI=1S/C18H17NO2S/c1-11-9-19-18(22-11)8-15(20)5-14-10-21-17-7-13-4-2-3-12(13)6-16(14)17/h6-7,9-10H,2-5,8H2,1H3. The summed E-state index contributed by atoms with van der Waals surface area (Å²) in [4.78, 5) is 17.7. The van der Waals surface area contributed by atoms with E-state index in [4.69, 9.17) is 4.42 Å². The number of nitrogens with zero attached hydrogens (tertiary/aromatic N) is 1. The van der Waals surface area contributed by atoms with Gasteiger partial charge in [-0.25, -0.2) is 4.98 Å². The van der Waals surface area contributed by atoms with Gasteiger partial charge in [0, 0.05) is 28.4 Å². The Morgan fingerprint density at radius 2 is 2.09 bits per heavy atom. The molecule has 0 N–H and O–H groups in total. The number of hydrogen-bond acceptors (Lipinski definition) is 4. The molecule has 3 aromatic rings. The second-order valence-electron chi connectivity index (χ2n) is 5.99. The van der Waals surface area contributed by atoms with Crippen molar-refractivity contribution in [3.8, 4) is 0 Å². The molecular weight excluding hydrogens is 294 g/mol. The average molecular weight is 311 g/mol. The van der Waals surface area contributed by atoms with Crippen LogP contribution in [0.15, 0.2) is 29.0 Å². The van der Waals surface area contributed by atoms with Gasteiger partial charge in [-0.05, 0) is 49.4 Å². The minimum absolute atomic E-state index is 0.192. The lowest BCUT2D eigenvalue weighted by atomic mass is 10.0. The molecule has 4 heteroatoms. The highest BCUT2D eigenvalue weighted by atomic mass is 32.1. The zero-order valence-electron chi connectivity index (χ0n) is 12.5. The van der Waals surface area contributed by atoms with Crippen molar-refractivity contribution in [1.29, 1.82) is 0 Å². The van der Waals surface area contributed by atoms with Crippen LogP contribution in [-0.2, 0) is 30.5 Å². The van der Waals surface area contributed by atoms with Gasteiger partial charge in [0.05, 0.1) is 12.7 Å². The molecule has 3 nitrogen and oxygen atoms in total. The molecule has 1 aliphatic rings. The summed E-state index contributed by atoms with van der Waals surface area (Å²) < 4.78 is 5.66. The molecule has 1 aromatic carbocycles. The molecule has 4 rings (SSSR count). The van der Waals surface area contributed by atoms with E-state index in [-0.39, 0.29) is 5.78 Å². The van der Waals surface area contributed by atoms with E-state index in [9.17, 15) is 4.79 Å². The lowest BCUT2D eigenvalue weighted by Gasteiger charge is -2.01. The first-order chi connectivity index (χ1) is 10.7. The van der Waals surface area contributed by atoms with Crippen LogP contribution in [0.5, 0.6) is 0 Å². The number of carbonyl (C=O) groups excluding carboxylic acids is 1. The van der Waals surface area contributed by atoms with Gasteiger partial charge in [-0.15, -0.1) is 11.3 Å². The van der Waals surface area contributed by atoms with Crippen LogP contribution in [0.25, 0.3) is 11.0 Å². The maximum absolute atomic E-state index is 12.3. The quantitative estimate of drug-likeness (QED) is 0.730. The molecule has 0 bridgehead atoms. The third-order valence-electron chi connectivity index (χ3n) is 4.27. The normalized spacial score (nSPS) is 13.7. The molecule has 2 aromatic heterocycles. The third kappa shape index (κ3) is 2.48. The molecule has 0 saturated carbocycles. The summed E-state index contributed by atoms with van der Waals surface area (Å²) in [5, 5.41) is 2.00.